The summed E-state index contributed by atoms with van der Waals surface area (Å²) in [7, 11) is 0. The molecule has 122 valence electrons. The number of nitrogens with zero attached hydrogens (tertiary/aromatic N) is 5. The van der Waals surface area contributed by atoms with Gasteiger partial charge in [0.05, 0.1) is 17.9 Å². The predicted octanol–water partition coefficient (Wildman–Crippen LogP) is 0.412. The normalized spacial score (nSPS) is 13.8. The summed E-state index contributed by atoms with van der Waals surface area (Å²) in [5.74, 6) is -0.0289. The molecule has 2 amide bonds. The van der Waals surface area contributed by atoms with Crippen molar-refractivity contribution in [2.45, 2.75) is 11.6 Å². The van der Waals surface area contributed by atoms with Crippen LogP contribution in [0.2, 0.25) is 0 Å². The molecule has 0 saturated carbocycles. The Morgan fingerprint density at radius 3 is 2.83 bits per heavy atom. The van der Waals surface area contributed by atoms with Gasteiger partial charge in [-0.15, -0.1) is 0 Å². The maximum atomic E-state index is 12.0. The number of aromatic nitrogens is 3. The van der Waals surface area contributed by atoms with Crippen LogP contribution in [0.5, 0.6) is 0 Å². The smallest absolute Gasteiger partial charge is 0.255 e. The standard InChI is InChI=1S/C14H13N7O2S/c15-13-16-8-17-14(19-13)24-7-11(22)18-10-6-12(23)21(20-10)9-4-2-1-3-5-9/h1-5,8H,6-7H2,(H,18,20,22)(H2,15,16,17,19). The fourth-order valence-corrected chi connectivity index (χ4v) is 2.57. The van der Waals surface area contributed by atoms with Gasteiger partial charge in [0.25, 0.3) is 5.91 Å². The molecule has 0 atom stereocenters. The largest absolute Gasteiger partial charge is 0.368 e. The van der Waals surface area contributed by atoms with E-state index >= 15 is 0 Å². The van der Waals surface area contributed by atoms with Gasteiger partial charge in [0.15, 0.2) is 5.16 Å². The van der Waals surface area contributed by atoms with Crippen LogP contribution in [0.4, 0.5) is 11.6 Å². The Balaban J connectivity index is 1.58. The molecule has 1 aromatic heterocycles. The fourth-order valence-electron chi connectivity index (χ4n) is 1.96. The summed E-state index contributed by atoms with van der Waals surface area (Å²) in [5.41, 5.74) is 6.10. The van der Waals surface area contributed by atoms with Gasteiger partial charge in [0.2, 0.25) is 11.9 Å². The average Bonchev–Trinajstić information content (AvgIpc) is 2.94. The van der Waals surface area contributed by atoms with E-state index in [1.54, 1.807) is 12.1 Å². The van der Waals surface area contributed by atoms with Gasteiger partial charge in [-0.3, -0.25) is 9.59 Å². The third-order valence-electron chi connectivity index (χ3n) is 2.96. The van der Waals surface area contributed by atoms with Crippen LogP contribution in [0, 0.1) is 0 Å². The third-order valence-corrected chi connectivity index (χ3v) is 3.82. The molecule has 24 heavy (non-hydrogen) atoms. The topological polar surface area (TPSA) is 126 Å². The second kappa shape index (κ2) is 7.04. The number of anilines is 2. The summed E-state index contributed by atoms with van der Waals surface area (Å²) in [6.45, 7) is 0. The number of nitrogens with one attached hydrogen (secondary N) is 1. The number of nitrogen functional groups attached to an aromatic ring is 1. The van der Waals surface area contributed by atoms with Crippen LogP contribution < -0.4 is 16.1 Å². The van der Waals surface area contributed by atoms with E-state index in [1.165, 1.54) is 11.3 Å². The van der Waals surface area contributed by atoms with Crippen molar-refractivity contribution >= 4 is 41.0 Å². The maximum absolute atomic E-state index is 12.0. The Morgan fingerprint density at radius 2 is 2.08 bits per heavy atom. The molecule has 0 unspecified atom stereocenters. The van der Waals surface area contributed by atoms with Gasteiger partial charge in [-0.1, -0.05) is 30.0 Å². The number of hydrogen-bond donors (Lipinski definition) is 2. The van der Waals surface area contributed by atoms with Gasteiger partial charge in [-0.05, 0) is 12.1 Å². The summed E-state index contributed by atoms with van der Waals surface area (Å²) in [6, 6.07) is 9.01. The van der Waals surface area contributed by atoms with Crippen LogP contribution in [0.1, 0.15) is 6.42 Å². The summed E-state index contributed by atoms with van der Waals surface area (Å²) in [6.07, 6.45) is 1.32. The van der Waals surface area contributed by atoms with Gasteiger partial charge < -0.3 is 11.1 Å². The lowest BCUT2D eigenvalue weighted by Gasteiger charge is -2.10. The van der Waals surface area contributed by atoms with Crippen LogP contribution in [0.15, 0.2) is 46.9 Å². The zero-order valence-corrected chi connectivity index (χ0v) is 13.2. The number of hydrazone groups is 1. The Morgan fingerprint density at radius 1 is 1.29 bits per heavy atom. The molecule has 10 heteroatoms. The van der Waals surface area contributed by atoms with Gasteiger partial charge in [-0.25, -0.2) is 9.97 Å². The highest BCUT2D eigenvalue weighted by Crippen LogP contribution is 2.19. The number of hydrogen-bond acceptors (Lipinski definition) is 8. The number of benzene rings is 1. The Bertz CT molecular complexity index is 797. The lowest BCUT2D eigenvalue weighted by atomic mass is 10.3. The second-order valence-corrected chi connectivity index (χ2v) is 5.67. The van der Waals surface area contributed by atoms with Crippen molar-refractivity contribution in [1.82, 2.24) is 20.3 Å². The van der Waals surface area contributed by atoms with Gasteiger partial charge in [-0.2, -0.15) is 15.1 Å². The first kappa shape index (κ1) is 15.9. The lowest BCUT2D eigenvalue weighted by molar-refractivity contribution is -0.117. The highest BCUT2D eigenvalue weighted by atomic mass is 32.2. The van der Waals surface area contributed by atoms with E-state index in [4.69, 9.17) is 5.73 Å². The zero-order chi connectivity index (χ0) is 16.9. The van der Waals surface area contributed by atoms with E-state index in [1.807, 2.05) is 18.2 Å². The highest BCUT2D eigenvalue weighted by molar-refractivity contribution is 7.99. The lowest BCUT2D eigenvalue weighted by Crippen LogP contribution is -2.31. The van der Waals surface area contributed by atoms with Gasteiger partial charge in [0.1, 0.15) is 12.2 Å². The minimum absolute atomic E-state index is 0.0456. The first-order valence-corrected chi connectivity index (χ1v) is 7.93. The van der Waals surface area contributed by atoms with Crippen molar-refractivity contribution in [2.75, 3.05) is 16.5 Å². The molecule has 0 spiro atoms. The molecule has 3 rings (SSSR count). The maximum Gasteiger partial charge on any atom is 0.255 e. The quantitative estimate of drug-likeness (QED) is 0.770. The molecule has 1 aliphatic rings. The van der Waals surface area contributed by atoms with E-state index in [-0.39, 0.29) is 29.9 Å². The second-order valence-electron chi connectivity index (χ2n) is 4.73. The number of para-hydroxylation sites is 1. The number of carbonyl (C=O) groups excluding carboxylic acids is 2. The summed E-state index contributed by atoms with van der Waals surface area (Å²) >= 11 is 1.12. The molecule has 0 saturated heterocycles. The van der Waals surface area contributed by atoms with Crippen LogP contribution in [0.25, 0.3) is 0 Å². The molecular formula is C14H13N7O2S. The molecule has 0 radical (unpaired) electrons. The molecule has 1 aliphatic heterocycles. The summed E-state index contributed by atoms with van der Waals surface area (Å²) < 4.78 is 0. The van der Waals surface area contributed by atoms with E-state index in [0.717, 1.165) is 11.8 Å². The number of thioether (sulfide) groups is 1. The minimum atomic E-state index is -0.305. The molecule has 2 aromatic rings. The number of carbonyl (C=O) groups is 2. The average molecular weight is 343 g/mol. The predicted molar refractivity (Wildman–Crippen MR) is 89.1 cm³/mol. The molecule has 0 bridgehead atoms. The van der Waals surface area contributed by atoms with E-state index in [9.17, 15) is 9.59 Å². The van der Waals surface area contributed by atoms with E-state index in [2.05, 4.69) is 25.4 Å². The number of amides is 2. The molecule has 9 nitrogen and oxygen atoms in total. The molecule has 0 aliphatic carbocycles. The van der Waals surface area contributed by atoms with Crippen LogP contribution in [-0.2, 0) is 9.59 Å². The number of rotatable bonds is 4. The first-order valence-electron chi connectivity index (χ1n) is 6.94. The Kier molecular flexibility index (Phi) is 4.66. The van der Waals surface area contributed by atoms with Crippen molar-refractivity contribution < 1.29 is 9.59 Å². The number of amidine groups is 1. The Labute approximate surface area is 141 Å². The fraction of sp³-hybridized carbons (Fsp3) is 0.143. The van der Waals surface area contributed by atoms with Crippen LogP contribution in [-0.4, -0.2) is 38.4 Å². The first-order chi connectivity index (χ1) is 11.6. The van der Waals surface area contributed by atoms with Gasteiger partial charge in [0, 0.05) is 0 Å². The molecule has 3 N–H and O–H groups in total. The molecule has 2 heterocycles. The molecule has 0 fully saturated rings. The summed E-state index contributed by atoms with van der Waals surface area (Å²) in [5, 5.41) is 8.39. The van der Waals surface area contributed by atoms with E-state index in [0.29, 0.717) is 16.7 Å². The number of nitrogens with two attached hydrogens (primary N) is 1. The van der Waals surface area contributed by atoms with Gasteiger partial charge >= 0.3 is 0 Å². The van der Waals surface area contributed by atoms with Crippen molar-refractivity contribution in [1.29, 1.82) is 0 Å². The van der Waals surface area contributed by atoms with E-state index < -0.39 is 0 Å². The van der Waals surface area contributed by atoms with Crippen molar-refractivity contribution in [2.24, 2.45) is 5.10 Å². The van der Waals surface area contributed by atoms with Crippen molar-refractivity contribution in [3.05, 3.63) is 36.7 Å². The zero-order valence-electron chi connectivity index (χ0n) is 12.4. The van der Waals surface area contributed by atoms with Crippen molar-refractivity contribution in [3.63, 3.8) is 0 Å². The third kappa shape index (κ3) is 3.84. The molecule has 1 aromatic carbocycles. The monoisotopic (exact) mass is 343 g/mol. The van der Waals surface area contributed by atoms with Crippen LogP contribution in [0.3, 0.4) is 0 Å². The SMILES string of the molecule is Nc1ncnc(SCC(=O)NC2=NN(c3ccccc3)C(=O)C2)n1. The minimum Gasteiger partial charge on any atom is -0.368 e. The van der Waals surface area contributed by atoms with Crippen molar-refractivity contribution in [3.8, 4) is 0 Å². The van der Waals surface area contributed by atoms with Crippen LogP contribution >= 0.6 is 11.8 Å². The Hall–Kier alpha value is -3.01. The highest BCUT2D eigenvalue weighted by Gasteiger charge is 2.26. The molecular weight excluding hydrogens is 330 g/mol. The summed E-state index contributed by atoms with van der Waals surface area (Å²) in [4.78, 5) is 35.4.